The molecule has 0 spiro atoms. The van der Waals surface area contributed by atoms with Crippen molar-refractivity contribution in [2.45, 2.75) is 18.0 Å². The molecular weight excluding hydrogens is 443 g/mol. The molecule has 1 fully saturated rings. The van der Waals surface area contributed by atoms with E-state index < -0.39 is 21.8 Å². The summed E-state index contributed by atoms with van der Waals surface area (Å²) in [6.45, 7) is 0.566. The molecule has 0 aliphatic carbocycles. The minimum atomic E-state index is -4.68. The largest absolute Gasteiger partial charge is 0.491 e. The summed E-state index contributed by atoms with van der Waals surface area (Å²) in [4.78, 5) is 0. The second-order valence-electron chi connectivity index (χ2n) is 7.32. The first-order valence-electron chi connectivity index (χ1n) is 9.81. The smallest absolute Gasteiger partial charge is 0.416 e. The van der Waals surface area contributed by atoms with Crippen molar-refractivity contribution in [3.05, 3.63) is 90.0 Å². The van der Waals surface area contributed by atoms with Gasteiger partial charge < -0.3 is 9.47 Å². The summed E-state index contributed by atoms with van der Waals surface area (Å²) in [5.74, 6) is -0.466. The number of anilines is 2. The van der Waals surface area contributed by atoms with Gasteiger partial charge in [0.05, 0.1) is 29.3 Å². The van der Waals surface area contributed by atoms with E-state index >= 15 is 0 Å². The third kappa shape index (κ3) is 5.41. The monoisotopic (exact) mass is 463 g/mol. The first-order chi connectivity index (χ1) is 15.2. The highest BCUT2D eigenvalue weighted by Gasteiger charge is 2.34. The molecule has 1 aliphatic rings. The molecule has 0 radical (unpaired) electrons. The van der Waals surface area contributed by atoms with E-state index in [2.05, 4.69) is 0 Å². The number of benzene rings is 3. The van der Waals surface area contributed by atoms with E-state index in [9.17, 15) is 21.6 Å². The molecule has 168 valence electrons. The van der Waals surface area contributed by atoms with Crippen LogP contribution < -0.4 is 9.04 Å². The molecule has 0 amide bonds. The number of rotatable bonds is 8. The maximum atomic E-state index is 13.6. The quantitative estimate of drug-likeness (QED) is 0.434. The lowest BCUT2D eigenvalue weighted by Gasteiger charge is -2.26. The van der Waals surface area contributed by atoms with Crippen molar-refractivity contribution in [1.29, 1.82) is 0 Å². The van der Waals surface area contributed by atoms with Gasteiger partial charge in [-0.1, -0.05) is 48.5 Å². The number of ether oxygens (including phenoxy) is 2. The van der Waals surface area contributed by atoms with Crippen molar-refractivity contribution < 1.29 is 31.1 Å². The molecule has 32 heavy (non-hydrogen) atoms. The Morgan fingerprint density at radius 2 is 1.56 bits per heavy atom. The lowest BCUT2D eigenvalue weighted by molar-refractivity contribution is -0.137. The minimum absolute atomic E-state index is 0.0823. The Labute approximate surface area is 184 Å². The first-order valence-corrected chi connectivity index (χ1v) is 11.4. The van der Waals surface area contributed by atoms with Gasteiger partial charge in [-0.25, -0.2) is 12.7 Å². The highest BCUT2D eigenvalue weighted by atomic mass is 32.2. The Balaban J connectivity index is 1.80. The van der Waals surface area contributed by atoms with E-state index in [0.29, 0.717) is 12.2 Å². The molecule has 3 aromatic rings. The molecule has 0 saturated carbocycles. The van der Waals surface area contributed by atoms with E-state index in [0.717, 1.165) is 16.4 Å². The van der Waals surface area contributed by atoms with Gasteiger partial charge in [-0.2, -0.15) is 13.2 Å². The summed E-state index contributed by atoms with van der Waals surface area (Å²) >= 11 is 0. The molecule has 0 aromatic heterocycles. The summed E-state index contributed by atoms with van der Waals surface area (Å²) in [5.41, 5.74) is -0.423. The van der Waals surface area contributed by atoms with Gasteiger partial charge in [0, 0.05) is 6.07 Å². The number of nitrogens with zero attached hydrogens (tertiary/aromatic N) is 1. The predicted molar refractivity (Wildman–Crippen MR) is 114 cm³/mol. The molecule has 1 atom stereocenters. The van der Waals surface area contributed by atoms with Crippen LogP contribution in [-0.4, -0.2) is 27.7 Å². The van der Waals surface area contributed by atoms with Crippen molar-refractivity contribution in [3.63, 3.8) is 0 Å². The number of hydrogen-bond donors (Lipinski definition) is 0. The highest BCUT2D eigenvalue weighted by molar-refractivity contribution is 7.92. The zero-order chi connectivity index (χ0) is 22.8. The maximum absolute atomic E-state index is 13.6. The SMILES string of the molecule is O=S(=O)(Cc1ccccc1)N(c1ccccc1)c1cc(OCC2CO2)cc(C(F)(F)F)c1. The summed E-state index contributed by atoms with van der Waals surface area (Å²) < 4.78 is 79.2. The van der Waals surface area contributed by atoms with Crippen LogP contribution in [0.1, 0.15) is 11.1 Å². The Kier molecular flexibility index (Phi) is 6.12. The minimum Gasteiger partial charge on any atom is -0.491 e. The molecule has 4 rings (SSSR count). The number of halogens is 3. The summed E-state index contributed by atoms with van der Waals surface area (Å²) in [6, 6.07) is 19.4. The standard InChI is InChI=1S/C23H20F3NO4S/c24-23(25,26)18-11-20(13-21(12-18)30-14-22-15-31-22)27(19-9-5-2-6-10-19)32(28,29)16-17-7-3-1-4-8-17/h1-13,22H,14-16H2. The van der Waals surface area contributed by atoms with Crippen LogP contribution in [0.5, 0.6) is 5.75 Å². The van der Waals surface area contributed by atoms with E-state index in [-0.39, 0.29) is 35.6 Å². The maximum Gasteiger partial charge on any atom is 0.416 e. The average molecular weight is 463 g/mol. The molecule has 1 saturated heterocycles. The zero-order valence-corrected chi connectivity index (χ0v) is 17.6. The molecule has 0 bridgehead atoms. The van der Waals surface area contributed by atoms with Gasteiger partial charge in [0.15, 0.2) is 0 Å². The van der Waals surface area contributed by atoms with Crippen molar-refractivity contribution in [2.75, 3.05) is 17.5 Å². The number of para-hydroxylation sites is 1. The molecule has 1 heterocycles. The first kappa shape index (κ1) is 22.2. The third-order valence-corrected chi connectivity index (χ3v) is 6.43. The topological polar surface area (TPSA) is 59.1 Å². The lowest BCUT2D eigenvalue weighted by Crippen LogP contribution is -2.28. The van der Waals surface area contributed by atoms with Gasteiger partial charge in [0.25, 0.3) is 0 Å². The van der Waals surface area contributed by atoms with Gasteiger partial charge in [-0.05, 0) is 29.8 Å². The average Bonchev–Trinajstić information content (AvgIpc) is 3.57. The van der Waals surface area contributed by atoms with E-state index in [1.807, 2.05) is 0 Å². The summed E-state index contributed by atoms with van der Waals surface area (Å²) in [7, 11) is -4.09. The van der Waals surface area contributed by atoms with Gasteiger partial charge in [-0.15, -0.1) is 0 Å². The molecule has 3 aromatic carbocycles. The highest BCUT2D eigenvalue weighted by Crippen LogP contribution is 2.39. The van der Waals surface area contributed by atoms with Crippen molar-refractivity contribution in [2.24, 2.45) is 0 Å². The van der Waals surface area contributed by atoms with Crippen LogP contribution >= 0.6 is 0 Å². The van der Waals surface area contributed by atoms with Gasteiger partial charge in [0.1, 0.15) is 18.5 Å². The van der Waals surface area contributed by atoms with Crippen LogP contribution in [0.15, 0.2) is 78.9 Å². The second-order valence-corrected chi connectivity index (χ2v) is 9.14. The Hall–Kier alpha value is -3.04. The fraction of sp³-hybridized carbons (Fsp3) is 0.217. The number of epoxide rings is 1. The van der Waals surface area contributed by atoms with E-state index in [1.54, 1.807) is 48.5 Å². The second kappa shape index (κ2) is 8.84. The molecule has 1 unspecified atom stereocenters. The number of alkyl halides is 3. The van der Waals surface area contributed by atoms with Crippen LogP contribution in [0.25, 0.3) is 0 Å². The van der Waals surface area contributed by atoms with Crippen LogP contribution in [0.3, 0.4) is 0 Å². The Bertz CT molecular complexity index is 1160. The normalized spacial score (nSPS) is 15.9. The zero-order valence-electron chi connectivity index (χ0n) is 16.8. The lowest BCUT2D eigenvalue weighted by atomic mass is 10.1. The van der Waals surface area contributed by atoms with Gasteiger partial charge >= 0.3 is 6.18 Å². The Morgan fingerprint density at radius 1 is 0.938 bits per heavy atom. The van der Waals surface area contributed by atoms with E-state index in [1.165, 1.54) is 18.2 Å². The summed E-state index contributed by atoms with van der Waals surface area (Å²) in [5, 5.41) is 0. The molecule has 1 aliphatic heterocycles. The van der Waals surface area contributed by atoms with Crippen LogP contribution in [0, 0.1) is 0 Å². The van der Waals surface area contributed by atoms with Crippen LogP contribution in [0.4, 0.5) is 24.5 Å². The number of sulfonamides is 1. The van der Waals surface area contributed by atoms with Crippen molar-refractivity contribution >= 4 is 21.4 Å². The Morgan fingerprint density at radius 3 is 2.16 bits per heavy atom. The molecule has 9 heteroatoms. The predicted octanol–water partition coefficient (Wildman–Crippen LogP) is 5.15. The van der Waals surface area contributed by atoms with Gasteiger partial charge in [0.2, 0.25) is 10.0 Å². The van der Waals surface area contributed by atoms with Crippen LogP contribution in [-0.2, 0) is 26.7 Å². The summed E-state index contributed by atoms with van der Waals surface area (Å²) in [6.07, 6.45) is -4.85. The third-order valence-electron chi connectivity index (χ3n) is 4.75. The van der Waals surface area contributed by atoms with Crippen LogP contribution in [0.2, 0.25) is 0 Å². The molecule has 5 nitrogen and oxygen atoms in total. The fourth-order valence-corrected chi connectivity index (χ4v) is 4.80. The molecule has 0 N–H and O–H groups in total. The van der Waals surface area contributed by atoms with Crippen molar-refractivity contribution in [1.82, 2.24) is 0 Å². The fourth-order valence-electron chi connectivity index (χ4n) is 3.18. The van der Waals surface area contributed by atoms with Crippen molar-refractivity contribution in [3.8, 4) is 5.75 Å². The van der Waals surface area contributed by atoms with Gasteiger partial charge in [-0.3, -0.25) is 0 Å². The molecular formula is C23H20F3NO4S. The van der Waals surface area contributed by atoms with E-state index in [4.69, 9.17) is 9.47 Å². The number of hydrogen-bond acceptors (Lipinski definition) is 4.